The molecule has 0 aromatic heterocycles. The first kappa shape index (κ1) is 31.5. The van der Waals surface area contributed by atoms with Crippen molar-refractivity contribution in [1.82, 2.24) is 0 Å². The summed E-state index contributed by atoms with van der Waals surface area (Å²) in [5.74, 6) is 1.88. The van der Waals surface area contributed by atoms with Gasteiger partial charge in [0.2, 0.25) is 0 Å². The zero-order valence-corrected chi connectivity index (χ0v) is 25.5. The molecule has 4 rings (SSSR count). The highest BCUT2D eigenvalue weighted by molar-refractivity contribution is 5.71. The maximum atomic E-state index is 12.9. The second-order valence-corrected chi connectivity index (χ2v) is 13.7. The Kier molecular flexibility index (Phi) is 11.1. The number of hydrogen-bond acceptors (Lipinski definition) is 7. The number of esters is 2. The predicted molar refractivity (Wildman–Crippen MR) is 153 cm³/mol. The van der Waals surface area contributed by atoms with E-state index in [1.54, 1.807) is 0 Å². The number of allylic oxidation sites excluding steroid dienone is 1. The largest absolute Gasteiger partial charge is 0.460 e. The van der Waals surface area contributed by atoms with E-state index >= 15 is 0 Å². The molecule has 7 heteroatoms. The van der Waals surface area contributed by atoms with Crippen LogP contribution in [0.5, 0.6) is 0 Å². The Morgan fingerprint density at radius 2 is 1.70 bits per heavy atom. The number of fused-ring (bicyclic) bond motifs is 4. The Bertz CT molecular complexity index is 874. The minimum Gasteiger partial charge on any atom is -0.460 e. The van der Waals surface area contributed by atoms with Crippen molar-refractivity contribution in [2.75, 3.05) is 33.0 Å². The first-order chi connectivity index (χ1) is 19.2. The summed E-state index contributed by atoms with van der Waals surface area (Å²) in [5, 5.41) is 10.0. The Labute approximate surface area is 241 Å². The van der Waals surface area contributed by atoms with Gasteiger partial charge in [0, 0.05) is 17.3 Å². The fourth-order valence-electron chi connectivity index (χ4n) is 8.33. The highest BCUT2D eigenvalue weighted by atomic mass is 16.6. The van der Waals surface area contributed by atoms with Gasteiger partial charge in [0.05, 0.1) is 19.8 Å². The molecule has 0 aromatic rings. The van der Waals surface area contributed by atoms with Crippen LogP contribution in [0.15, 0.2) is 11.6 Å². The lowest BCUT2D eigenvalue weighted by Gasteiger charge is -2.48. The Hall–Kier alpha value is -1.44. The molecule has 4 aliphatic rings. The van der Waals surface area contributed by atoms with Gasteiger partial charge in [0.25, 0.3) is 0 Å². The second-order valence-electron chi connectivity index (χ2n) is 13.7. The molecule has 0 heterocycles. The topological polar surface area (TPSA) is 91.3 Å². The molecule has 0 saturated heterocycles. The van der Waals surface area contributed by atoms with Gasteiger partial charge in [0.1, 0.15) is 24.9 Å². The fourth-order valence-corrected chi connectivity index (χ4v) is 8.33. The molecule has 40 heavy (non-hydrogen) atoms. The van der Waals surface area contributed by atoms with E-state index in [2.05, 4.69) is 26.8 Å². The lowest BCUT2D eigenvalue weighted by Crippen LogP contribution is -2.50. The van der Waals surface area contributed by atoms with Crippen molar-refractivity contribution in [3.05, 3.63) is 11.6 Å². The average Bonchev–Trinajstić information content (AvgIpc) is 2.94. The average molecular weight is 563 g/mol. The molecular formula is C33H54O7. The monoisotopic (exact) mass is 562 g/mol. The van der Waals surface area contributed by atoms with Gasteiger partial charge in [-0.15, -0.1) is 0 Å². The molecule has 7 nitrogen and oxygen atoms in total. The second kappa shape index (κ2) is 14.2. The van der Waals surface area contributed by atoms with Gasteiger partial charge in [-0.1, -0.05) is 58.6 Å². The van der Waals surface area contributed by atoms with Gasteiger partial charge in [-0.3, -0.25) is 0 Å². The fraction of sp³-hybridized carbons (Fsp3) is 0.879. The van der Waals surface area contributed by atoms with Crippen molar-refractivity contribution >= 4 is 11.9 Å². The van der Waals surface area contributed by atoms with Crippen LogP contribution < -0.4 is 0 Å². The first-order valence-corrected chi connectivity index (χ1v) is 16.1. The number of aliphatic hydroxyl groups is 1. The maximum Gasteiger partial charge on any atom is 0.332 e. The van der Waals surface area contributed by atoms with Crippen molar-refractivity contribution in [2.24, 2.45) is 35.0 Å². The molecule has 0 spiro atoms. The molecule has 7 atom stereocenters. The van der Waals surface area contributed by atoms with E-state index < -0.39 is 11.0 Å². The van der Waals surface area contributed by atoms with Gasteiger partial charge in [0.15, 0.2) is 0 Å². The van der Waals surface area contributed by atoms with Crippen LogP contribution in [-0.2, 0) is 28.5 Å². The van der Waals surface area contributed by atoms with Crippen LogP contribution in [0.4, 0.5) is 0 Å². The number of rotatable bonds is 14. The summed E-state index contributed by atoms with van der Waals surface area (Å²) in [6.45, 7) is 7.92. The van der Waals surface area contributed by atoms with E-state index in [-0.39, 0.29) is 57.0 Å². The summed E-state index contributed by atoms with van der Waals surface area (Å²) in [6.07, 6.45) is 16.0. The first-order valence-electron chi connectivity index (χ1n) is 16.1. The molecule has 4 bridgehead atoms. The summed E-state index contributed by atoms with van der Waals surface area (Å²) < 4.78 is 23.4. The van der Waals surface area contributed by atoms with Crippen LogP contribution in [0.2, 0.25) is 0 Å². The molecule has 1 N–H and O–H groups in total. The van der Waals surface area contributed by atoms with Crippen LogP contribution in [0.3, 0.4) is 0 Å². The molecule has 7 unspecified atom stereocenters. The molecule has 228 valence electrons. The van der Waals surface area contributed by atoms with E-state index in [1.165, 1.54) is 44.1 Å². The number of carbonyl (C=O) groups excluding carboxylic acids is 2. The number of hydrogen-bond donors (Lipinski definition) is 1. The van der Waals surface area contributed by atoms with E-state index in [1.807, 2.05) is 6.92 Å². The van der Waals surface area contributed by atoms with E-state index in [9.17, 15) is 14.7 Å². The zero-order chi connectivity index (χ0) is 28.8. The Balaban J connectivity index is 1.18. The van der Waals surface area contributed by atoms with Crippen LogP contribution in [0, 0.1) is 35.0 Å². The zero-order valence-electron chi connectivity index (χ0n) is 25.5. The molecule has 0 amide bonds. The minimum absolute atomic E-state index is 0.0490. The molecule has 4 aliphatic carbocycles. The SMILES string of the molecule is CCC(OC(=O)COCC(C)(CO)COCC(=O)OC1(CC)C(C)C=C2CCCC1C2)C1CC2CCCC(C2)C1. The maximum absolute atomic E-state index is 12.9. The summed E-state index contributed by atoms with van der Waals surface area (Å²) in [7, 11) is 0. The third-order valence-electron chi connectivity index (χ3n) is 10.5. The quantitative estimate of drug-likeness (QED) is 0.205. The van der Waals surface area contributed by atoms with Crippen molar-refractivity contribution in [2.45, 2.75) is 116 Å². The summed E-state index contributed by atoms with van der Waals surface area (Å²) in [5.41, 5.74) is 0.290. The van der Waals surface area contributed by atoms with Crippen molar-refractivity contribution < 1.29 is 33.6 Å². The van der Waals surface area contributed by atoms with Gasteiger partial charge in [-0.05, 0) is 75.5 Å². The summed E-state index contributed by atoms with van der Waals surface area (Å²) >= 11 is 0. The highest BCUT2D eigenvalue weighted by Gasteiger charge is 2.48. The standard InChI is InChI=1S/C33H54O7/c1-5-29(27-15-25-9-7-10-26(14-25)16-27)39-30(35)18-37-21-32(4,20-34)22-38-19-31(36)40-33(6-2)23(3)13-24-11-8-12-28(33)17-24/h13,23,25-29,34H,5-12,14-22H2,1-4H3. The van der Waals surface area contributed by atoms with Crippen molar-refractivity contribution in [3.8, 4) is 0 Å². The molecule has 0 aromatic carbocycles. The Morgan fingerprint density at radius 3 is 2.33 bits per heavy atom. The van der Waals surface area contributed by atoms with Crippen LogP contribution >= 0.6 is 0 Å². The third-order valence-corrected chi connectivity index (χ3v) is 10.5. The van der Waals surface area contributed by atoms with Crippen LogP contribution in [0.25, 0.3) is 0 Å². The lowest BCUT2D eigenvalue weighted by atomic mass is 9.63. The predicted octanol–water partition coefficient (Wildman–Crippen LogP) is 6.01. The van der Waals surface area contributed by atoms with Gasteiger partial charge in [-0.2, -0.15) is 0 Å². The van der Waals surface area contributed by atoms with E-state index in [0.29, 0.717) is 11.8 Å². The van der Waals surface area contributed by atoms with Gasteiger partial charge < -0.3 is 24.1 Å². The van der Waals surface area contributed by atoms with Gasteiger partial charge >= 0.3 is 11.9 Å². The third kappa shape index (κ3) is 7.69. The molecule has 3 fully saturated rings. The highest BCUT2D eigenvalue weighted by Crippen LogP contribution is 2.49. The molecule has 0 aliphatic heterocycles. The van der Waals surface area contributed by atoms with Crippen LogP contribution in [0.1, 0.15) is 105 Å². The van der Waals surface area contributed by atoms with Gasteiger partial charge in [-0.25, -0.2) is 9.59 Å². The summed E-state index contributed by atoms with van der Waals surface area (Å²) in [6, 6.07) is 0. The number of aliphatic hydroxyl groups excluding tert-OH is 1. The minimum atomic E-state index is -0.743. The van der Waals surface area contributed by atoms with E-state index in [0.717, 1.165) is 50.4 Å². The Morgan fingerprint density at radius 1 is 1.02 bits per heavy atom. The van der Waals surface area contributed by atoms with Crippen molar-refractivity contribution in [1.29, 1.82) is 0 Å². The van der Waals surface area contributed by atoms with Crippen LogP contribution in [-0.4, -0.2) is 61.8 Å². The molecule has 3 saturated carbocycles. The normalized spacial score (nSPS) is 33.8. The number of carbonyl (C=O) groups is 2. The summed E-state index contributed by atoms with van der Waals surface area (Å²) in [4.78, 5) is 25.5. The lowest BCUT2D eigenvalue weighted by molar-refractivity contribution is -0.182. The smallest absolute Gasteiger partial charge is 0.332 e. The van der Waals surface area contributed by atoms with E-state index in [4.69, 9.17) is 18.9 Å². The number of ether oxygens (including phenoxy) is 4. The molecule has 0 radical (unpaired) electrons. The molecular weight excluding hydrogens is 508 g/mol. The van der Waals surface area contributed by atoms with Crippen molar-refractivity contribution in [3.63, 3.8) is 0 Å².